The standard InChI is InChI=1S/C12H10FN3O/c1-6-4-8-9(15-6)3-2-7(12(8)13)10-5-11(14)17-16-10/h2-5,15H,14H2,1H3. The van der Waals surface area contributed by atoms with Crippen molar-refractivity contribution in [2.45, 2.75) is 6.92 Å². The quantitative estimate of drug-likeness (QED) is 0.676. The summed E-state index contributed by atoms with van der Waals surface area (Å²) >= 11 is 0. The zero-order valence-corrected chi connectivity index (χ0v) is 9.12. The Morgan fingerprint density at radius 3 is 2.88 bits per heavy atom. The van der Waals surface area contributed by atoms with E-state index in [0.717, 1.165) is 11.2 Å². The van der Waals surface area contributed by atoms with Gasteiger partial charge in [-0.3, -0.25) is 0 Å². The molecule has 3 rings (SSSR count). The fourth-order valence-electron chi connectivity index (χ4n) is 1.92. The third-order valence-electron chi connectivity index (χ3n) is 2.68. The predicted molar refractivity (Wildman–Crippen MR) is 62.9 cm³/mol. The van der Waals surface area contributed by atoms with Crippen LogP contribution in [0.25, 0.3) is 22.2 Å². The van der Waals surface area contributed by atoms with E-state index in [0.29, 0.717) is 16.6 Å². The van der Waals surface area contributed by atoms with E-state index in [1.54, 1.807) is 12.1 Å². The second-order valence-electron chi connectivity index (χ2n) is 3.96. The largest absolute Gasteiger partial charge is 0.368 e. The molecule has 3 aromatic rings. The third-order valence-corrected chi connectivity index (χ3v) is 2.68. The molecule has 0 radical (unpaired) electrons. The minimum absolute atomic E-state index is 0.171. The van der Waals surface area contributed by atoms with Gasteiger partial charge in [-0.1, -0.05) is 5.16 Å². The second-order valence-corrected chi connectivity index (χ2v) is 3.96. The lowest BCUT2D eigenvalue weighted by molar-refractivity contribution is 0.438. The molecule has 0 saturated carbocycles. The molecule has 2 aromatic heterocycles. The molecule has 0 amide bonds. The number of aromatic amines is 1. The maximum absolute atomic E-state index is 14.2. The fourth-order valence-corrected chi connectivity index (χ4v) is 1.92. The van der Waals surface area contributed by atoms with E-state index in [9.17, 15) is 4.39 Å². The topological polar surface area (TPSA) is 67.8 Å². The molecule has 0 aliphatic carbocycles. The number of halogens is 1. The highest BCUT2D eigenvalue weighted by molar-refractivity contribution is 5.86. The second kappa shape index (κ2) is 3.35. The van der Waals surface area contributed by atoms with Crippen LogP contribution in [0.15, 0.2) is 28.8 Å². The van der Waals surface area contributed by atoms with Crippen LogP contribution in [0.3, 0.4) is 0 Å². The summed E-state index contributed by atoms with van der Waals surface area (Å²) in [5, 5.41) is 4.25. The van der Waals surface area contributed by atoms with Gasteiger partial charge in [-0.05, 0) is 25.1 Å². The fraction of sp³-hybridized carbons (Fsp3) is 0.0833. The maximum Gasteiger partial charge on any atom is 0.222 e. The zero-order chi connectivity index (χ0) is 12.0. The number of nitrogens with two attached hydrogens (primary N) is 1. The summed E-state index contributed by atoms with van der Waals surface area (Å²) in [5.41, 5.74) is 7.89. The summed E-state index contributed by atoms with van der Waals surface area (Å²) in [4.78, 5) is 3.07. The van der Waals surface area contributed by atoms with Crippen molar-refractivity contribution >= 4 is 16.8 Å². The highest BCUT2D eigenvalue weighted by atomic mass is 19.1. The van der Waals surface area contributed by atoms with E-state index >= 15 is 0 Å². The van der Waals surface area contributed by atoms with Crippen LogP contribution in [0.4, 0.5) is 10.3 Å². The number of nitrogens with zero attached hydrogens (tertiary/aromatic N) is 1. The van der Waals surface area contributed by atoms with Crippen LogP contribution >= 0.6 is 0 Å². The Morgan fingerprint density at radius 1 is 1.35 bits per heavy atom. The SMILES string of the molecule is Cc1cc2c(F)c(-c3cc(N)on3)ccc2[nH]1. The van der Waals surface area contributed by atoms with Crippen LogP contribution < -0.4 is 5.73 Å². The van der Waals surface area contributed by atoms with Crippen LogP contribution in [-0.4, -0.2) is 10.1 Å². The van der Waals surface area contributed by atoms with Crippen molar-refractivity contribution in [3.8, 4) is 11.3 Å². The van der Waals surface area contributed by atoms with Gasteiger partial charge in [0.15, 0.2) is 0 Å². The molecule has 0 bridgehead atoms. The minimum Gasteiger partial charge on any atom is -0.368 e. The smallest absolute Gasteiger partial charge is 0.222 e. The van der Waals surface area contributed by atoms with Crippen molar-refractivity contribution in [1.82, 2.24) is 10.1 Å². The van der Waals surface area contributed by atoms with Gasteiger partial charge in [0.25, 0.3) is 0 Å². The van der Waals surface area contributed by atoms with Crippen molar-refractivity contribution in [2.75, 3.05) is 5.73 Å². The molecule has 17 heavy (non-hydrogen) atoms. The highest BCUT2D eigenvalue weighted by Gasteiger charge is 2.13. The zero-order valence-electron chi connectivity index (χ0n) is 9.12. The number of H-pyrrole nitrogens is 1. The van der Waals surface area contributed by atoms with Crippen LogP contribution in [0.5, 0.6) is 0 Å². The predicted octanol–water partition coefficient (Wildman–Crippen LogP) is 2.85. The first kappa shape index (κ1) is 9.89. The van der Waals surface area contributed by atoms with Crippen LogP contribution in [0.1, 0.15) is 5.69 Å². The molecular weight excluding hydrogens is 221 g/mol. The van der Waals surface area contributed by atoms with Crippen molar-refractivity contribution < 1.29 is 8.91 Å². The van der Waals surface area contributed by atoms with Gasteiger partial charge in [0, 0.05) is 28.2 Å². The van der Waals surface area contributed by atoms with Gasteiger partial charge in [0.1, 0.15) is 11.5 Å². The maximum atomic E-state index is 14.2. The lowest BCUT2D eigenvalue weighted by Gasteiger charge is -1.99. The average molecular weight is 231 g/mol. The van der Waals surface area contributed by atoms with E-state index in [2.05, 4.69) is 10.1 Å². The molecule has 0 unspecified atom stereocenters. The molecule has 0 aliphatic heterocycles. The lowest BCUT2D eigenvalue weighted by Crippen LogP contribution is -1.85. The van der Waals surface area contributed by atoms with Gasteiger partial charge < -0.3 is 15.2 Å². The van der Waals surface area contributed by atoms with Crippen LogP contribution in [0.2, 0.25) is 0 Å². The number of anilines is 1. The molecule has 86 valence electrons. The van der Waals surface area contributed by atoms with Gasteiger partial charge in [-0.25, -0.2) is 4.39 Å². The molecule has 2 heterocycles. The number of rotatable bonds is 1. The molecule has 4 nitrogen and oxygen atoms in total. The summed E-state index contributed by atoms with van der Waals surface area (Å²) < 4.78 is 19.0. The summed E-state index contributed by atoms with van der Waals surface area (Å²) in [6.07, 6.45) is 0. The third kappa shape index (κ3) is 1.47. The Hall–Kier alpha value is -2.30. The average Bonchev–Trinajstić information content (AvgIpc) is 2.85. The highest BCUT2D eigenvalue weighted by Crippen LogP contribution is 2.29. The van der Waals surface area contributed by atoms with Crippen molar-refractivity contribution in [1.29, 1.82) is 0 Å². The number of hydrogen-bond donors (Lipinski definition) is 2. The summed E-state index contributed by atoms with van der Waals surface area (Å²) in [5.74, 6) is -0.148. The number of hydrogen-bond acceptors (Lipinski definition) is 3. The number of nitrogens with one attached hydrogen (secondary N) is 1. The van der Waals surface area contributed by atoms with Crippen LogP contribution in [0, 0.1) is 12.7 Å². The Kier molecular flexibility index (Phi) is 1.95. The number of aromatic nitrogens is 2. The first-order chi connectivity index (χ1) is 8.15. The number of aryl methyl sites for hydroxylation is 1. The molecule has 0 aliphatic rings. The van der Waals surface area contributed by atoms with E-state index in [1.165, 1.54) is 6.07 Å². The van der Waals surface area contributed by atoms with E-state index in [1.807, 2.05) is 13.0 Å². The Labute approximate surface area is 96.2 Å². The van der Waals surface area contributed by atoms with Crippen molar-refractivity contribution in [3.05, 3.63) is 35.8 Å². The Morgan fingerprint density at radius 2 is 2.18 bits per heavy atom. The first-order valence-electron chi connectivity index (χ1n) is 5.15. The normalized spacial score (nSPS) is 11.2. The van der Waals surface area contributed by atoms with Gasteiger partial charge in [-0.2, -0.15) is 0 Å². The van der Waals surface area contributed by atoms with E-state index < -0.39 is 0 Å². The summed E-state index contributed by atoms with van der Waals surface area (Å²) in [6, 6.07) is 6.73. The molecule has 0 fully saturated rings. The number of benzene rings is 1. The summed E-state index contributed by atoms with van der Waals surface area (Å²) in [7, 11) is 0. The van der Waals surface area contributed by atoms with Crippen molar-refractivity contribution in [3.63, 3.8) is 0 Å². The van der Waals surface area contributed by atoms with E-state index in [-0.39, 0.29) is 11.7 Å². The number of nitrogen functional groups attached to an aromatic ring is 1. The molecule has 3 N–H and O–H groups in total. The van der Waals surface area contributed by atoms with Crippen molar-refractivity contribution in [2.24, 2.45) is 0 Å². The molecule has 0 atom stereocenters. The van der Waals surface area contributed by atoms with Gasteiger partial charge in [0.2, 0.25) is 5.88 Å². The molecular formula is C12H10FN3O. The van der Waals surface area contributed by atoms with E-state index in [4.69, 9.17) is 10.3 Å². The molecule has 5 heteroatoms. The van der Waals surface area contributed by atoms with Crippen LogP contribution in [-0.2, 0) is 0 Å². The Balaban J connectivity index is 2.27. The molecule has 1 aromatic carbocycles. The van der Waals surface area contributed by atoms with Gasteiger partial charge >= 0.3 is 0 Å². The lowest BCUT2D eigenvalue weighted by atomic mass is 10.1. The number of fused-ring (bicyclic) bond motifs is 1. The Bertz CT molecular complexity index is 699. The van der Waals surface area contributed by atoms with Gasteiger partial charge in [-0.15, -0.1) is 0 Å². The molecule has 0 spiro atoms. The molecule has 0 saturated heterocycles. The van der Waals surface area contributed by atoms with Gasteiger partial charge in [0.05, 0.1) is 0 Å². The summed E-state index contributed by atoms with van der Waals surface area (Å²) in [6.45, 7) is 1.88. The monoisotopic (exact) mass is 231 g/mol. The minimum atomic E-state index is -0.319. The first-order valence-corrected chi connectivity index (χ1v) is 5.15.